The van der Waals surface area contributed by atoms with Crippen molar-refractivity contribution < 1.29 is 4.74 Å². The Morgan fingerprint density at radius 3 is 2.60 bits per heavy atom. The molecular weight excluding hydrogens is 316 g/mol. The van der Waals surface area contributed by atoms with Gasteiger partial charge in [0.15, 0.2) is 0 Å². The summed E-state index contributed by atoms with van der Waals surface area (Å²) in [6.07, 6.45) is 5.41. The number of hydrogen-bond acceptors (Lipinski definition) is 7. The molecule has 0 radical (unpaired) electrons. The highest BCUT2D eigenvalue weighted by molar-refractivity contribution is 4.91. The van der Waals surface area contributed by atoms with E-state index in [9.17, 15) is 0 Å². The van der Waals surface area contributed by atoms with Crippen molar-refractivity contribution in [1.29, 1.82) is 0 Å². The van der Waals surface area contributed by atoms with Gasteiger partial charge in [-0.3, -0.25) is 16.0 Å². The van der Waals surface area contributed by atoms with Crippen LogP contribution in [0.5, 0.6) is 0 Å². The molecule has 2 fully saturated rings. The van der Waals surface area contributed by atoms with E-state index in [-0.39, 0.29) is 6.29 Å². The van der Waals surface area contributed by atoms with Crippen molar-refractivity contribution in [3.8, 4) is 0 Å². The van der Waals surface area contributed by atoms with Gasteiger partial charge >= 0.3 is 0 Å². The predicted octanol–water partition coefficient (Wildman–Crippen LogP) is -0.242. The SMILES string of the molecule is CNCCNC(C)C1CC(NC2NC(C)CC(NC)N2)CCC1OC. The molecule has 1 saturated heterocycles. The van der Waals surface area contributed by atoms with Gasteiger partial charge in [-0.1, -0.05) is 0 Å². The van der Waals surface area contributed by atoms with Gasteiger partial charge in [-0.2, -0.15) is 0 Å². The lowest BCUT2D eigenvalue weighted by atomic mass is 9.79. The average Bonchev–Trinajstić information content (AvgIpc) is 2.61. The summed E-state index contributed by atoms with van der Waals surface area (Å²) in [4.78, 5) is 0. The molecule has 7 heteroatoms. The summed E-state index contributed by atoms with van der Waals surface area (Å²) in [6.45, 7) is 6.54. The lowest BCUT2D eigenvalue weighted by molar-refractivity contribution is -0.00189. The first-order chi connectivity index (χ1) is 12.1. The van der Waals surface area contributed by atoms with E-state index in [4.69, 9.17) is 4.74 Å². The van der Waals surface area contributed by atoms with Gasteiger partial charge in [0.05, 0.1) is 12.3 Å². The van der Waals surface area contributed by atoms with Crippen molar-refractivity contribution in [2.75, 3.05) is 34.3 Å². The van der Waals surface area contributed by atoms with E-state index in [2.05, 4.69) is 45.7 Å². The van der Waals surface area contributed by atoms with Crippen molar-refractivity contribution in [3.05, 3.63) is 0 Å². The number of likely N-dealkylation sites (N-methyl/N-ethyl adjacent to an activating group) is 1. The van der Waals surface area contributed by atoms with Crippen LogP contribution in [-0.4, -0.2) is 71.0 Å². The van der Waals surface area contributed by atoms with Crippen molar-refractivity contribution in [2.24, 2.45) is 5.92 Å². The second-order valence-corrected chi connectivity index (χ2v) is 7.71. The Morgan fingerprint density at radius 1 is 1.12 bits per heavy atom. The molecule has 1 aliphatic carbocycles. The third-order valence-corrected chi connectivity index (χ3v) is 5.78. The topological polar surface area (TPSA) is 81.4 Å². The van der Waals surface area contributed by atoms with E-state index >= 15 is 0 Å². The van der Waals surface area contributed by atoms with E-state index in [1.54, 1.807) is 0 Å². The molecule has 1 saturated carbocycles. The van der Waals surface area contributed by atoms with Crippen LogP contribution in [0.3, 0.4) is 0 Å². The van der Waals surface area contributed by atoms with Crippen LogP contribution in [0.4, 0.5) is 0 Å². The Labute approximate surface area is 153 Å². The molecule has 0 aromatic carbocycles. The molecule has 0 bridgehead atoms. The third-order valence-electron chi connectivity index (χ3n) is 5.78. The van der Waals surface area contributed by atoms with E-state index < -0.39 is 0 Å². The van der Waals surface area contributed by atoms with Gasteiger partial charge in [-0.05, 0) is 53.6 Å². The molecule has 0 aromatic heterocycles. The number of ether oxygens (including phenoxy) is 1. The summed E-state index contributed by atoms with van der Waals surface area (Å²) in [5, 5.41) is 21.2. The molecule has 7 nitrogen and oxygen atoms in total. The standard InChI is InChI=1S/C18H40N6O/c1-12-10-17(20-4)24-18(22-12)23-14-6-7-16(25-5)15(11-14)13(2)21-9-8-19-3/h12-24H,6-11H2,1-5H3. The van der Waals surface area contributed by atoms with Gasteiger partial charge in [0, 0.05) is 44.2 Å². The third kappa shape index (κ3) is 6.43. The molecule has 6 N–H and O–H groups in total. The Balaban J connectivity index is 1.87. The Hall–Kier alpha value is -0.280. The van der Waals surface area contributed by atoms with Gasteiger partial charge in [0.1, 0.15) is 6.29 Å². The van der Waals surface area contributed by atoms with Gasteiger partial charge in [-0.25, -0.2) is 0 Å². The van der Waals surface area contributed by atoms with E-state index in [0.29, 0.717) is 36.3 Å². The van der Waals surface area contributed by atoms with Crippen LogP contribution in [-0.2, 0) is 4.74 Å². The second kappa shape index (κ2) is 10.8. The fraction of sp³-hybridized carbons (Fsp3) is 1.00. The van der Waals surface area contributed by atoms with Crippen LogP contribution in [0.2, 0.25) is 0 Å². The highest BCUT2D eigenvalue weighted by atomic mass is 16.5. The summed E-state index contributed by atoms with van der Waals surface area (Å²) in [7, 11) is 5.87. The van der Waals surface area contributed by atoms with E-state index in [1.165, 1.54) is 0 Å². The molecule has 0 aromatic rings. The normalized spacial score (nSPS) is 37.8. The van der Waals surface area contributed by atoms with Crippen LogP contribution in [0, 0.1) is 5.92 Å². The van der Waals surface area contributed by atoms with Crippen LogP contribution >= 0.6 is 0 Å². The van der Waals surface area contributed by atoms with Crippen molar-refractivity contribution in [3.63, 3.8) is 0 Å². The lowest BCUT2D eigenvalue weighted by Gasteiger charge is -2.43. The number of methoxy groups -OCH3 is 1. The van der Waals surface area contributed by atoms with Gasteiger partial charge < -0.3 is 20.7 Å². The molecule has 0 spiro atoms. The quantitative estimate of drug-likeness (QED) is 0.318. The predicted molar refractivity (Wildman–Crippen MR) is 103 cm³/mol. The number of nitrogens with one attached hydrogen (secondary N) is 6. The molecule has 1 aliphatic heterocycles. The molecule has 148 valence electrons. The smallest absolute Gasteiger partial charge is 0.113 e. The zero-order valence-electron chi connectivity index (χ0n) is 16.7. The van der Waals surface area contributed by atoms with Crippen molar-refractivity contribution in [2.45, 2.75) is 76.2 Å². The molecule has 25 heavy (non-hydrogen) atoms. The molecule has 7 unspecified atom stereocenters. The molecule has 7 atom stereocenters. The lowest BCUT2D eigenvalue weighted by Crippen LogP contribution is -2.68. The van der Waals surface area contributed by atoms with E-state index in [0.717, 1.165) is 38.8 Å². The van der Waals surface area contributed by atoms with Crippen LogP contribution in [0.15, 0.2) is 0 Å². The number of hydrogen-bond donors (Lipinski definition) is 6. The summed E-state index contributed by atoms with van der Waals surface area (Å²) in [6, 6.07) is 1.47. The maximum atomic E-state index is 5.80. The zero-order chi connectivity index (χ0) is 18.2. The number of rotatable bonds is 9. The van der Waals surface area contributed by atoms with Gasteiger partial charge in [0.25, 0.3) is 0 Å². The maximum absolute atomic E-state index is 5.80. The largest absolute Gasteiger partial charge is 0.381 e. The Morgan fingerprint density at radius 2 is 1.92 bits per heavy atom. The Bertz CT molecular complexity index is 371. The first-order valence-corrected chi connectivity index (χ1v) is 9.93. The highest BCUT2D eigenvalue weighted by Crippen LogP contribution is 2.29. The minimum absolute atomic E-state index is 0.165. The van der Waals surface area contributed by atoms with Crippen LogP contribution in [0.25, 0.3) is 0 Å². The first-order valence-electron chi connectivity index (χ1n) is 9.93. The van der Waals surface area contributed by atoms with Gasteiger partial charge in [0.2, 0.25) is 0 Å². The highest BCUT2D eigenvalue weighted by Gasteiger charge is 2.35. The monoisotopic (exact) mass is 356 g/mol. The summed E-state index contributed by atoms with van der Waals surface area (Å²) in [5.41, 5.74) is 0. The Kier molecular flexibility index (Phi) is 9.06. The molecule has 2 rings (SSSR count). The minimum Gasteiger partial charge on any atom is -0.381 e. The molecule has 2 aliphatic rings. The molecular formula is C18H40N6O. The molecule has 0 amide bonds. The van der Waals surface area contributed by atoms with Crippen molar-refractivity contribution in [1.82, 2.24) is 31.9 Å². The average molecular weight is 357 g/mol. The first kappa shape index (κ1) is 21.0. The minimum atomic E-state index is 0.165. The van der Waals surface area contributed by atoms with Crippen LogP contribution < -0.4 is 31.9 Å². The summed E-state index contributed by atoms with van der Waals surface area (Å²) >= 11 is 0. The van der Waals surface area contributed by atoms with Crippen molar-refractivity contribution >= 4 is 0 Å². The molecule has 1 heterocycles. The second-order valence-electron chi connectivity index (χ2n) is 7.71. The van der Waals surface area contributed by atoms with E-state index in [1.807, 2.05) is 21.2 Å². The maximum Gasteiger partial charge on any atom is 0.113 e. The summed E-state index contributed by atoms with van der Waals surface area (Å²) in [5.74, 6) is 0.536. The fourth-order valence-corrected chi connectivity index (χ4v) is 4.28. The van der Waals surface area contributed by atoms with Gasteiger partial charge in [-0.15, -0.1) is 0 Å². The fourth-order valence-electron chi connectivity index (χ4n) is 4.28. The van der Waals surface area contributed by atoms with Crippen LogP contribution in [0.1, 0.15) is 39.5 Å². The summed E-state index contributed by atoms with van der Waals surface area (Å²) < 4.78 is 5.80. The zero-order valence-corrected chi connectivity index (χ0v) is 16.7.